The van der Waals surface area contributed by atoms with Crippen LogP contribution in [0.1, 0.15) is 23.0 Å². The largest absolute Gasteiger partial charge is 0.341 e. The van der Waals surface area contributed by atoms with Gasteiger partial charge >= 0.3 is 0 Å². The van der Waals surface area contributed by atoms with Crippen molar-refractivity contribution in [2.45, 2.75) is 13.3 Å². The minimum Gasteiger partial charge on any atom is -0.341 e. The highest BCUT2D eigenvalue weighted by Crippen LogP contribution is 2.24. The molecule has 0 radical (unpaired) electrons. The Balaban J connectivity index is 1.57. The predicted molar refractivity (Wildman–Crippen MR) is 121 cm³/mol. The van der Waals surface area contributed by atoms with Crippen LogP contribution in [0, 0.1) is 11.7 Å². The van der Waals surface area contributed by atoms with Crippen molar-refractivity contribution in [1.82, 2.24) is 14.8 Å². The van der Waals surface area contributed by atoms with Crippen LogP contribution in [0.15, 0.2) is 72.9 Å². The Kier molecular flexibility index (Phi) is 6.59. The summed E-state index contributed by atoms with van der Waals surface area (Å²) in [4.78, 5) is 34.0. The predicted octanol–water partition coefficient (Wildman–Crippen LogP) is 4.05. The monoisotopic (exact) mass is 431 g/mol. The molecule has 1 aliphatic rings. The van der Waals surface area contributed by atoms with Gasteiger partial charge < -0.3 is 9.80 Å². The van der Waals surface area contributed by atoms with E-state index in [1.807, 2.05) is 36.1 Å². The highest BCUT2D eigenvalue weighted by atomic mass is 19.1. The van der Waals surface area contributed by atoms with Crippen molar-refractivity contribution in [2.24, 2.45) is 5.92 Å². The van der Waals surface area contributed by atoms with Crippen LogP contribution in [0.2, 0.25) is 0 Å². The summed E-state index contributed by atoms with van der Waals surface area (Å²) in [5.41, 5.74) is 3.29. The van der Waals surface area contributed by atoms with Crippen LogP contribution < -0.4 is 0 Å². The zero-order valence-corrected chi connectivity index (χ0v) is 18.1. The zero-order chi connectivity index (χ0) is 22.5. The molecule has 1 fully saturated rings. The molecule has 0 N–H and O–H groups in total. The van der Waals surface area contributed by atoms with E-state index in [2.05, 4.69) is 4.98 Å². The average Bonchev–Trinajstić information content (AvgIpc) is 2.98. The molecule has 0 bridgehead atoms. The topological polar surface area (TPSA) is 53.5 Å². The van der Waals surface area contributed by atoms with Crippen LogP contribution in [-0.2, 0) is 11.2 Å². The van der Waals surface area contributed by atoms with Gasteiger partial charge in [0.2, 0.25) is 5.91 Å². The van der Waals surface area contributed by atoms with Crippen LogP contribution in [0.4, 0.5) is 4.39 Å². The van der Waals surface area contributed by atoms with Gasteiger partial charge in [0.15, 0.2) is 0 Å². The third-order valence-electron chi connectivity index (χ3n) is 5.88. The molecule has 5 nitrogen and oxygen atoms in total. The number of hydrogen-bond donors (Lipinski definition) is 0. The lowest BCUT2D eigenvalue weighted by Crippen LogP contribution is -2.38. The average molecular weight is 432 g/mol. The fraction of sp³-hybridized carbons (Fsp3) is 0.269. The number of carbonyl (C=O) groups is 2. The highest BCUT2D eigenvalue weighted by Gasteiger charge is 2.32. The van der Waals surface area contributed by atoms with Crippen LogP contribution in [0.3, 0.4) is 0 Å². The minimum absolute atomic E-state index is 0.0657. The molecule has 0 aliphatic carbocycles. The van der Waals surface area contributed by atoms with Crippen molar-refractivity contribution >= 4 is 11.8 Å². The van der Waals surface area contributed by atoms with E-state index in [0.29, 0.717) is 38.3 Å². The van der Waals surface area contributed by atoms with Crippen molar-refractivity contribution in [2.75, 3.05) is 26.2 Å². The van der Waals surface area contributed by atoms with Gasteiger partial charge in [0, 0.05) is 32.4 Å². The molecule has 1 saturated heterocycles. The van der Waals surface area contributed by atoms with Crippen molar-refractivity contribution in [3.05, 3.63) is 90.0 Å². The number of nitrogens with zero attached hydrogens (tertiary/aromatic N) is 3. The van der Waals surface area contributed by atoms with Gasteiger partial charge in [0.05, 0.1) is 5.92 Å². The molecule has 4 rings (SSSR count). The van der Waals surface area contributed by atoms with Gasteiger partial charge in [-0.05, 0) is 54.3 Å². The van der Waals surface area contributed by atoms with Crippen molar-refractivity contribution in [3.8, 4) is 11.1 Å². The Bertz CT molecular complexity index is 1090. The summed E-state index contributed by atoms with van der Waals surface area (Å²) in [6.45, 7) is 3.92. The van der Waals surface area contributed by atoms with Gasteiger partial charge in [0.25, 0.3) is 5.91 Å². The van der Waals surface area contributed by atoms with Crippen LogP contribution in [0.5, 0.6) is 0 Å². The Hall–Kier alpha value is -3.54. The van der Waals surface area contributed by atoms with Gasteiger partial charge in [-0.25, -0.2) is 4.39 Å². The molecule has 2 amide bonds. The summed E-state index contributed by atoms with van der Waals surface area (Å²) in [6, 6.07) is 19.6. The van der Waals surface area contributed by atoms with Crippen molar-refractivity contribution < 1.29 is 14.0 Å². The molecule has 6 heteroatoms. The molecule has 0 spiro atoms. The lowest BCUT2D eigenvalue weighted by Gasteiger charge is -2.23. The van der Waals surface area contributed by atoms with Crippen LogP contribution in [-0.4, -0.2) is 52.8 Å². The van der Waals surface area contributed by atoms with E-state index < -0.39 is 0 Å². The second-order valence-corrected chi connectivity index (χ2v) is 7.99. The van der Waals surface area contributed by atoms with E-state index in [9.17, 15) is 14.0 Å². The zero-order valence-electron chi connectivity index (χ0n) is 18.1. The number of aromatic nitrogens is 1. The van der Waals surface area contributed by atoms with Crippen molar-refractivity contribution in [1.29, 1.82) is 0 Å². The SMILES string of the molecule is CCN1CCN(C(=O)c2ccccn2)CC(Cc2cccc(-c3ccc(F)cc3)c2)C1=O. The molecule has 2 aromatic carbocycles. The molecule has 164 valence electrons. The quantitative estimate of drug-likeness (QED) is 0.612. The first-order valence-corrected chi connectivity index (χ1v) is 10.9. The Labute approximate surface area is 187 Å². The molecule has 1 aliphatic heterocycles. The molecular formula is C26H26FN3O2. The normalized spacial score (nSPS) is 16.7. The molecular weight excluding hydrogens is 405 g/mol. The maximum absolute atomic E-state index is 13.3. The standard InChI is InChI=1S/C26H26FN3O2/c1-2-29-14-15-30(26(32)24-8-3-4-13-28-24)18-22(25(29)31)17-19-6-5-7-21(16-19)20-9-11-23(27)12-10-20/h3-13,16,22H,2,14-15,17-18H2,1H3. The number of likely N-dealkylation sites (N-methyl/N-ethyl adjacent to an activating group) is 1. The molecule has 3 aromatic rings. The number of amides is 2. The maximum atomic E-state index is 13.3. The fourth-order valence-electron chi connectivity index (χ4n) is 4.15. The lowest BCUT2D eigenvalue weighted by atomic mass is 9.94. The van der Waals surface area contributed by atoms with Gasteiger partial charge in [-0.15, -0.1) is 0 Å². The lowest BCUT2D eigenvalue weighted by molar-refractivity contribution is -0.134. The molecule has 1 atom stereocenters. The van der Waals surface area contributed by atoms with E-state index >= 15 is 0 Å². The Morgan fingerprint density at radius 3 is 2.56 bits per heavy atom. The highest BCUT2D eigenvalue weighted by molar-refractivity contribution is 5.93. The molecule has 1 aromatic heterocycles. The first kappa shape index (κ1) is 21.7. The Morgan fingerprint density at radius 2 is 1.84 bits per heavy atom. The number of benzene rings is 2. The van der Waals surface area contributed by atoms with E-state index in [-0.39, 0.29) is 23.5 Å². The summed E-state index contributed by atoms with van der Waals surface area (Å²) in [7, 11) is 0. The van der Waals surface area contributed by atoms with E-state index in [1.54, 1.807) is 41.4 Å². The third kappa shape index (κ3) is 4.85. The second-order valence-electron chi connectivity index (χ2n) is 7.99. The summed E-state index contributed by atoms with van der Waals surface area (Å²) in [5, 5.41) is 0. The van der Waals surface area contributed by atoms with E-state index in [4.69, 9.17) is 0 Å². The first-order chi connectivity index (χ1) is 15.5. The fourth-order valence-corrected chi connectivity index (χ4v) is 4.15. The summed E-state index contributed by atoms with van der Waals surface area (Å²) >= 11 is 0. The summed E-state index contributed by atoms with van der Waals surface area (Å²) in [5.74, 6) is -0.697. The van der Waals surface area contributed by atoms with Gasteiger partial charge in [-0.3, -0.25) is 14.6 Å². The number of pyridine rings is 1. The maximum Gasteiger partial charge on any atom is 0.272 e. The Morgan fingerprint density at radius 1 is 1.03 bits per heavy atom. The molecule has 0 saturated carbocycles. The molecule has 32 heavy (non-hydrogen) atoms. The number of rotatable bonds is 5. The van der Waals surface area contributed by atoms with E-state index in [0.717, 1.165) is 16.7 Å². The number of hydrogen-bond acceptors (Lipinski definition) is 3. The van der Waals surface area contributed by atoms with Gasteiger partial charge in [-0.1, -0.05) is 42.5 Å². The van der Waals surface area contributed by atoms with Crippen LogP contribution >= 0.6 is 0 Å². The van der Waals surface area contributed by atoms with Crippen LogP contribution in [0.25, 0.3) is 11.1 Å². The van der Waals surface area contributed by atoms with Gasteiger partial charge in [0.1, 0.15) is 11.5 Å². The first-order valence-electron chi connectivity index (χ1n) is 10.9. The molecule has 1 unspecified atom stereocenters. The number of halogens is 1. The van der Waals surface area contributed by atoms with E-state index in [1.165, 1.54) is 12.1 Å². The number of carbonyl (C=O) groups excluding carboxylic acids is 2. The summed E-state index contributed by atoms with van der Waals surface area (Å²) in [6.07, 6.45) is 2.13. The van der Waals surface area contributed by atoms with Gasteiger partial charge in [-0.2, -0.15) is 0 Å². The smallest absolute Gasteiger partial charge is 0.272 e. The third-order valence-corrected chi connectivity index (χ3v) is 5.88. The minimum atomic E-state index is -0.339. The second kappa shape index (κ2) is 9.73. The van der Waals surface area contributed by atoms with Crippen molar-refractivity contribution in [3.63, 3.8) is 0 Å². The molecule has 2 heterocycles. The summed E-state index contributed by atoms with van der Waals surface area (Å²) < 4.78 is 13.3.